The van der Waals surface area contributed by atoms with E-state index in [2.05, 4.69) is 23.3 Å². The molecular weight excluding hydrogens is 280 g/mol. The molecule has 0 saturated heterocycles. The fourth-order valence-corrected chi connectivity index (χ4v) is 2.46. The molecule has 0 amide bonds. The Morgan fingerprint density at radius 1 is 1.23 bits per heavy atom. The van der Waals surface area contributed by atoms with Gasteiger partial charge in [0, 0.05) is 19.3 Å². The maximum absolute atomic E-state index is 5.65. The van der Waals surface area contributed by atoms with E-state index in [0.717, 1.165) is 23.6 Å². The van der Waals surface area contributed by atoms with Gasteiger partial charge in [0.2, 0.25) is 5.75 Å². The number of benzene rings is 1. The van der Waals surface area contributed by atoms with Crippen molar-refractivity contribution in [1.82, 2.24) is 10.3 Å². The maximum Gasteiger partial charge on any atom is 0.203 e. The molecule has 1 N–H and O–H groups in total. The van der Waals surface area contributed by atoms with Crippen molar-refractivity contribution in [3.63, 3.8) is 0 Å². The van der Waals surface area contributed by atoms with E-state index in [9.17, 15) is 0 Å². The van der Waals surface area contributed by atoms with Crippen LogP contribution >= 0.6 is 0 Å². The number of aryl methyl sites for hydroxylation is 1. The third kappa shape index (κ3) is 3.14. The van der Waals surface area contributed by atoms with Gasteiger partial charge in [-0.25, -0.2) is 0 Å². The van der Waals surface area contributed by atoms with Crippen LogP contribution in [0.4, 0.5) is 0 Å². The smallest absolute Gasteiger partial charge is 0.203 e. The Labute approximate surface area is 130 Å². The van der Waals surface area contributed by atoms with Crippen molar-refractivity contribution < 1.29 is 14.2 Å². The largest absolute Gasteiger partial charge is 0.493 e. The average molecular weight is 300 g/mol. The predicted molar refractivity (Wildman–Crippen MR) is 83.5 cm³/mol. The van der Waals surface area contributed by atoms with Crippen LogP contribution in [0.1, 0.15) is 16.8 Å². The van der Waals surface area contributed by atoms with Gasteiger partial charge in [0.1, 0.15) is 13.2 Å². The van der Waals surface area contributed by atoms with Gasteiger partial charge in [0.05, 0.1) is 12.8 Å². The monoisotopic (exact) mass is 300 g/mol. The number of hydrogen-bond acceptors (Lipinski definition) is 5. The highest BCUT2D eigenvalue weighted by Crippen LogP contribution is 2.40. The molecule has 3 rings (SSSR count). The Hall–Kier alpha value is -2.27. The summed E-state index contributed by atoms with van der Waals surface area (Å²) in [5.41, 5.74) is 3.34. The molecule has 0 saturated carbocycles. The lowest BCUT2D eigenvalue weighted by Crippen LogP contribution is -2.18. The number of methoxy groups -OCH3 is 1. The van der Waals surface area contributed by atoms with E-state index in [1.54, 1.807) is 7.11 Å². The van der Waals surface area contributed by atoms with Crippen molar-refractivity contribution in [2.45, 2.75) is 20.0 Å². The molecule has 1 aromatic carbocycles. The van der Waals surface area contributed by atoms with Gasteiger partial charge in [-0.15, -0.1) is 0 Å². The molecule has 0 unspecified atom stereocenters. The Bertz CT molecular complexity index is 641. The minimum atomic E-state index is 0.555. The number of pyridine rings is 1. The first kappa shape index (κ1) is 14.7. The molecule has 0 atom stereocenters. The highest BCUT2D eigenvalue weighted by molar-refractivity contribution is 5.54. The normalized spacial score (nSPS) is 13.0. The highest BCUT2D eigenvalue weighted by Gasteiger charge is 2.18. The second-order valence-corrected chi connectivity index (χ2v) is 5.19. The first-order valence-corrected chi connectivity index (χ1v) is 7.35. The molecule has 0 radical (unpaired) electrons. The molecule has 0 spiro atoms. The zero-order valence-electron chi connectivity index (χ0n) is 12.9. The molecule has 0 aliphatic carbocycles. The molecule has 1 aliphatic rings. The minimum absolute atomic E-state index is 0.555. The number of rotatable bonds is 5. The Morgan fingerprint density at radius 2 is 2.09 bits per heavy atom. The predicted octanol–water partition coefficient (Wildman–Crippen LogP) is 2.46. The highest BCUT2D eigenvalue weighted by atomic mass is 16.6. The minimum Gasteiger partial charge on any atom is -0.493 e. The number of nitrogens with one attached hydrogen (secondary N) is 1. The number of fused-ring (bicyclic) bond motifs is 1. The third-order valence-electron chi connectivity index (χ3n) is 3.63. The molecule has 5 nitrogen and oxygen atoms in total. The van der Waals surface area contributed by atoms with Crippen LogP contribution in [0, 0.1) is 6.92 Å². The van der Waals surface area contributed by atoms with Gasteiger partial charge in [0.15, 0.2) is 11.5 Å². The third-order valence-corrected chi connectivity index (χ3v) is 3.63. The van der Waals surface area contributed by atoms with Gasteiger partial charge in [-0.05, 0) is 36.2 Å². The van der Waals surface area contributed by atoms with E-state index in [1.807, 2.05) is 24.4 Å². The van der Waals surface area contributed by atoms with E-state index >= 15 is 0 Å². The van der Waals surface area contributed by atoms with Crippen LogP contribution in [0.15, 0.2) is 30.5 Å². The molecule has 1 aliphatic heterocycles. The zero-order chi connectivity index (χ0) is 15.4. The summed E-state index contributed by atoms with van der Waals surface area (Å²) in [7, 11) is 1.64. The summed E-state index contributed by atoms with van der Waals surface area (Å²) in [6.45, 7) is 4.63. The molecule has 1 aromatic heterocycles. The first-order chi connectivity index (χ1) is 10.8. The molecule has 116 valence electrons. The molecule has 5 heteroatoms. The number of ether oxygens (including phenoxy) is 3. The first-order valence-electron chi connectivity index (χ1n) is 7.35. The zero-order valence-corrected chi connectivity index (χ0v) is 12.9. The van der Waals surface area contributed by atoms with Crippen LogP contribution in [-0.2, 0) is 13.1 Å². The van der Waals surface area contributed by atoms with Crippen molar-refractivity contribution in [3.05, 3.63) is 47.3 Å². The molecule has 0 bridgehead atoms. The van der Waals surface area contributed by atoms with Gasteiger partial charge >= 0.3 is 0 Å². The van der Waals surface area contributed by atoms with Crippen LogP contribution in [0.3, 0.4) is 0 Å². The SMILES string of the molecule is COc1cc(CNCc2ncccc2C)cc2c1OCCO2. The van der Waals surface area contributed by atoms with E-state index < -0.39 is 0 Å². The summed E-state index contributed by atoms with van der Waals surface area (Å²) in [6.07, 6.45) is 1.82. The molecule has 0 fully saturated rings. The van der Waals surface area contributed by atoms with Crippen LogP contribution in [-0.4, -0.2) is 25.3 Å². The Balaban J connectivity index is 1.69. The van der Waals surface area contributed by atoms with Crippen molar-refractivity contribution in [3.8, 4) is 17.2 Å². The Kier molecular flexibility index (Phi) is 4.44. The molecule has 2 aromatic rings. The lowest BCUT2D eigenvalue weighted by Gasteiger charge is -2.21. The number of aromatic nitrogens is 1. The summed E-state index contributed by atoms with van der Waals surface area (Å²) >= 11 is 0. The fraction of sp³-hybridized carbons (Fsp3) is 0.353. The van der Waals surface area contributed by atoms with E-state index in [-0.39, 0.29) is 0 Å². The van der Waals surface area contributed by atoms with Crippen molar-refractivity contribution in [1.29, 1.82) is 0 Å². The summed E-state index contributed by atoms with van der Waals surface area (Å²) < 4.78 is 16.6. The lowest BCUT2D eigenvalue weighted by atomic mass is 10.1. The van der Waals surface area contributed by atoms with Gasteiger partial charge < -0.3 is 19.5 Å². The van der Waals surface area contributed by atoms with Crippen molar-refractivity contribution in [2.75, 3.05) is 20.3 Å². The molecular formula is C17H20N2O3. The fourth-order valence-electron chi connectivity index (χ4n) is 2.46. The van der Waals surface area contributed by atoms with Crippen LogP contribution in [0.25, 0.3) is 0 Å². The topological polar surface area (TPSA) is 52.6 Å². The number of nitrogens with zero attached hydrogens (tertiary/aromatic N) is 1. The second-order valence-electron chi connectivity index (χ2n) is 5.19. The quantitative estimate of drug-likeness (QED) is 0.919. The van der Waals surface area contributed by atoms with Crippen molar-refractivity contribution in [2.24, 2.45) is 0 Å². The van der Waals surface area contributed by atoms with Gasteiger partial charge in [-0.3, -0.25) is 4.98 Å². The Morgan fingerprint density at radius 3 is 2.91 bits per heavy atom. The summed E-state index contributed by atoms with van der Waals surface area (Å²) in [5, 5.41) is 3.40. The van der Waals surface area contributed by atoms with Crippen LogP contribution in [0.2, 0.25) is 0 Å². The van der Waals surface area contributed by atoms with Crippen molar-refractivity contribution >= 4 is 0 Å². The summed E-state index contributed by atoms with van der Waals surface area (Å²) in [6, 6.07) is 7.99. The van der Waals surface area contributed by atoms with Crippen LogP contribution in [0.5, 0.6) is 17.2 Å². The van der Waals surface area contributed by atoms with Gasteiger partial charge in [0.25, 0.3) is 0 Å². The van der Waals surface area contributed by atoms with E-state index in [1.165, 1.54) is 5.56 Å². The molecule has 22 heavy (non-hydrogen) atoms. The number of hydrogen-bond donors (Lipinski definition) is 1. The summed E-state index contributed by atoms with van der Waals surface area (Å²) in [5.74, 6) is 2.15. The van der Waals surface area contributed by atoms with E-state index in [4.69, 9.17) is 14.2 Å². The van der Waals surface area contributed by atoms with E-state index in [0.29, 0.717) is 31.3 Å². The standard InChI is InChI=1S/C17H20N2O3/c1-12-4-3-5-19-14(12)11-18-10-13-8-15(20-2)17-16(9-13)21-6-7-22-17/h3-5,8-9,18H,6-7,10-11H2,1-2H3. The van der Waals surface area contributed by atoms with Gasteiger partial charge in [-0.1, -0.05) is 6.07 Å². The van der Waals surface area contributed by atoms with Crippen LogP contribution < -0.4 is 19.5 Å². The van der Waals surface area contributed by atoms with Gasteiger partial charge in [-0.2, -0.15) is 0 Å². The average Bonchev–Trinajstić information content (AvgIpc) is 2.56. The lowest BCUT2D eigenvalue weighted by molar-refractivity contribution is 0.165. The molecule has 2 heterocycles. The maximum atomic E-state index is 5.65. The second kappa shape index (κ2) is 6.66. The summed E-state index contributed by atoms with van der Waals surface area (Å²) in [4.78, 5) is 4.38.